The summed E-state index contributed by atoms with van der Waals surface area (Å²) in [5.41, 5.74) is 0.465. The van der Waals surface area contributed by atoms with Crippen LogP contribution in [0.5, 0.6) is 0 Å². The highest BCUT2D eigenvalue weighted by molar-refractivity contribution is 7.92. The van der Waals surface area contributed by atoms with Gasteiger partial charge in [0, 0.05) is 16.8 Å². The first kappa shape index (κ1) is 18.7. The zero-order valence-corrected chi connectivity index (χ0v) is 15.1. The molecule has 0 aliphatic rings. The van der Waals surface area contributed by atoms with E-state index >= 15 is 0 Å². The number of sulfonamides is 1. The Labute approximate surface area is 148 Å². The van der Waals surface area contributed by atoms with Gasteiger partial charge in [-0.15, -0.1) is 6.58 Å². The molecular weight excluding hydrogens is 336 g/mol. The van der Waals surface area contributed by atoms with Crippen molar-refractivity contribution >= 4 is 27.3 Å². The van der Waals surface area contributed by atoms with Crippen molar-refractivity contribution in [1.82, 2.24) is 0 Å². The Bertz CT molecular complexity index is 842. The molecule has 0 fully saturated rings. The lowest BCUT2D eigenvalue weighted by molar-refractivity contribution is -0.123. The van der Waals surface area contributed by atoms with E-state index in [0.29, 0.717) is 17.8 Å². The Kier molecular flexibility index (Phi) is 5.64. The minimum atomic E-state index is -3.63. The van der Waals surface area contributed by atoms with E-state index in [2.05, 4.69) is 16.6 Å². The van der Waals surface area contributed by atoms with Crippen LogP contribution in [0.1, 0.15) is 20.3 Å². The Balaban J connectivity index is 2.08. The molecule has 2 aromatic carbocycles. The van der Waals surface area contributed by atoms with Crippen LogP contribution in [0, 0.1) is 5.41 Å². The van der Waals surface area contributed by atoms with Crippen molar-refractivity contribution in [2.45, 2.75) is 25.2 Å². The van der Waals surface area contributed by atoms with Crippen LogP contribution in [-0.4, -0.2) is 14.3 Å². The number of rotatable bonds is 7. The van der Waals surface area contributed by atoms with Gasteiger partial charge in [0.15, 0.2) is 0 Å². The molecule has 0 aliphatic heterocycles. The molecule has 132 valence electrons. The highest BCUT2D eigenvalue weighted by Gasteiger charge is 2.26. The van der Waals surface area contributed by atoms with Gasteiger partial charge < -0.3 is 5.32 Å². The van der Waals surface area contributed by atoms with Crippen molar-refractivity contribution in [3.8, 4) is 0 Å². The summed E-state index contributed by atoms with van der Waals surface area (Å²) < 4.78 is 27.1. The van der Waals surface area contributed by atoms with Crippen LogP contribution >= 0.6 is 0 Å². The van der Waals surface area contributed by atoms with E-state index in [1.165, 1.54) is 12.1 Å². The lowest BCUT2D eigenvalue weighted by atomic mass is 9.88. The molecule has 0 saturated heterocycles. The molecular formula is C19H22N2O3S. The molecule has 0 aliphatic carbocycles. The average molecular weight is 358 g/mol. The van der Waals surface area contributed by atoms with Crippen LogP contribution in [0.2, 0.25) is 0 Å². The third kappa shape index (κ3) is 4.93. The monoisotopic (exact) mass is 358 g/mol. The number of anilines is 2. The molecule has 0 atom stereocenters. The first-order valence-electron chi connectivity index (χ1n) is 7.85. The van der Waals surface area contributed by atoms with Gasteiger partial charge in [0.2, 0.25) is 5.91 Å². The zero-order chi connectivity index (χ0) is 18.5. The van der Waals surface area contributed by atoms with Gasteiger partial charge in [-0.1, -0.05) is 38.1 Å². The first-order chi connectivity index (χ1) is 11.7. The molecule has 0 heterocycles. The van der Waals surface area contributed by atoms with E-state index in [1.807, 2.05) is 13.8 Å². The van der Waals surface area contributed by atoms with Crippen LogP contribution in [-0.2, 0) is 14.8 Å². The van der Waals surface area contributed by atoms with E-state index in [-0.39, 0.29) is 10.8 Å². The van der Waals surface area contributed by atoms with Crippen LogP contribution in [0.25, 0.3) is 0 Å². The zero-order valence-electron chi connectivity index (χ0n) is 14.3. The van der Waals surface area contributed by atoms with Gasteiger partial charge >= 0.3 is 0 Å². The van der Waals surface area contributed by atoms with E-state index in [4.69, 9.17) is 0 Å². The Morgan fingerprint density at radius 3 is 2.16 bits per heavy atom. The summed E-state index contributed by atoms with van der Waals surface area (Å²) in [6.07, 6.45) is 2.27. The molecule has 1 amide bonds. The van der Waals surface area contributed by atoms with Gasteiger partial charge in [0.25, 0.3) is 10.0 Å². The van der Waals surface area contributed by atoms with Crippen molar-refractivity contribution in [2.24, 2.45) is 5.41 Å². The van der Waals surface area contributed by atoms with Gasteiger partial charge in [-0.3, -0.25) is 9.52 Å². The Hall–Kier alpha value is -2.60. The topological polar surface area (TPSA) is 75.3 Å². The summed E-state index contributed by atoms with van der Waals surface area (Å²) >= 11 is 0. The number of carbonyl (C=O) groups excluding carboxylic acids is 1. The second-order valence-corrected chi connectivity index (χ2v) is 8.01. The molecule has 0 bridgehead atoms. The van der Waals surface area contributed by atoms with E-state index in [0.717, 1.165) is 0 Å². The summed E-state index contributed by atoms with van der Waals surface area (Å²) in [5, 5.41) is 2.82. The van der Waals surface area contributed by atoms with E-state index in [9.17, 15) is 13.2 Å². The fraction of sp³-hybridized carbons (Fsp3) is 0.211. The standard InChI is InChI=1S/C19H22N2O3S/c1-4-14-19(2,3)18(22)20-15-10-12-16(13-11-15)21-25(23,24)17-8-6-5-7-9-17/h4-13,21H,1,14H2,2-3H3,(H,20,22). The second-order valence-electron chi connectivity index (χ2n) is 6.33. The molecule has 0 saturated carbocycles. The number of amides is 1. The quantitative estimate of drug-likeness (QED) is 0.734. The average Bonchev–Trinajstić information content (AvgIpc) is 2.57. The minimum absolute atomic E-state index is 0.120. The summed E-state index contributed by atoms with van der Waals surface area (Å²) in [4.78, 5) is 12.4. The molecule has 0 unspecified atom stereocenters. The SMILES string of the molecule is C=CCC(C)(C)C(=O)Nc1ccc(NS(=O)(=O)c2ccccc2)cc1. The normalized spacial score (nSPS) is 11.6. The predicted octanol–water partition coefficient (Wildman–Crippen LogP) is 4.03. The molecule has 0 radical (unpaired) electrons. The summed E-state index contributed by atoms with van der Waals surface area (Å²) in [7, 11) is -3.63. The van der Waals surface area contributed by atoms with E-state index < -0.39 is 15.4 Å². The maximum atomic E-state index is 12.3. The number of allylic oxidation sites excluding steroid dienone is 1. The lowest BCUT2D eigenvalue weighted by Gasteiger charge is -2.21. The fourth-order valence-electron chi connectivity index (χ4n) is 2.19. The summed E-state index contributed by atoms with van der Waals surface area (Å²) in [5.74, 6) is -0.120. The van der Waals surface area contributed by atoms with Crippen molar-refractivity contribution < 1.29 is 13.2 Å². The second kappa shape index (κ2) is 7.53. The minimum Gasteiger partial charge on any atom is -0.326 e. The first-order valence-corrected chi connectivity index (χ1v) is 9.33. The molecule has 2 aromatic rings. The van der Waals surface area contributed by atoms with Crippen molar-refractivity contribution in [2.75, 3.05) is 10.0 Å². The summed E-state index contributed by atoms with van der Waals surface area (Å²) in [6, 6.07) is 14.7. The largest absolute Gasteiger partial charge is 0.326 e. The predicted molar refractivity (Wildman–Crippen MR) is 101 cm³/mol. The van der Waals surface area contributed by atoms with E-state index in [1.54, 1.807) is 48.5 Å². The number of benzene rings is 2. The molecule has 0 aromatic heterocycles. The third-order valence-electron chi connectivity index (χ3n) is 3.72. The Morgan fingerprint density at radius 1 is 1.04 bits per heavy atom. The van der Waals surface area contributed by atoms with Gasteiger partial charge in [-0.2, -0.15) is 0 Å². The van der Waals surface area contributed by atoms with Crippen molar-refractivity contribution in [3.63, 3.8) is 0 Å². The third-order valence-corrected chi connectivity index (χ3v) is 5.12. The number of hydrogen-bond acceptors (Lipinski definition) is 3. The van der Waals surface area contributed by atoms with Crippen LogP contribution in [0.4, 0.5) is 11.4 Å². The number of nitrogens with one attached hydrogen (secondary N) is 2. The van der Waals surface area contributed by atoms with Gasteiger partial charge in [0.1, 0.15) is 0 Å². The molecule has 2 N–H and O–H groups in total. The number of hydrogen-bond donors (Lipinski definition) is 2. The lowest BCUT2D eigenvalue weighted by Crippen LogP contribution is -2.30. The van der Waals surface area contributed by atoms with Crippen molar-refractivity contribution in [3.05, 3.63) is 67.3 Å². The van der Waals surface area contributed by atoms with Gasteiger partial charge in [0.05, 0.1) is 4.90 Å². The molecule has 5 nitrogen and oxygen atoms in total. The molecule has 2 rings (SSSR count). The number of carbonyl (C=O) groups is 1. The smallest absolute Gasteiger partial charge is 0.261 e. The maximum Gasteiger partial charge on any atom is 0.261 e. The Morgan fingerprint density at radius 2 is 1.60 bits per heavy atom. The fourth-order valence-corrected chi connectivity index (χ4v) is 3.27. The van der Waals surface area contributed by atoms with Crippen LogP contribution in [0.3, 0.4) is 0 Å². The van der Waals surface area contributed by atoms with Crippen LogP contribution in [0.15, 0.2) is 72.1 Å². The molecule has 0 spiro atoms. The molecule has 6 heteroatoms. The highest BCUT2D eigenvalue weighted by Crippen LogP contribution is 2.24. The van der Waals surface area contributed by atoms with Crippen molar-refractivity contribution in [1.29, 1.82) is 0 Å². The highest BCUT2D eigenvalue weighted by atomic mass is 32.2. The summed E-state index contributed by atoms with van der Waals surface area (Å²) in [6.45, 7) is 7.34. The van der Waals surface area contributed by atoms with Gasteiger partial charge in [-0.05, 0) is 42.8 Å². The van der Waals surface area contributed by atoms with Crippen LogP contribution < -0.4 is 10.0 Å². The van der Waals surface area contributed by atoms with Gasteiger partial charge in [-0.25, -0.2) is 8.42 Å². The maximum absolute atomic E-state index is 12.3. The molecule has 25 heavy (non-hydrogen) atoms.